The number of ether oxygens (including phenoxy) is 1. The van der Waals surface area contributed by atoms with Crippen LogP contribution in [0.5, 0.6) is 5.75 Å². The Labute approximate surface area is 133 Å². The van der Waals surface area contributed by atoms with Crippen LogP contribution < -0.4 is 10.1 Å². The molecule has 2 aromatic heterocycles. The summed E-state index contributed by atoms with van der Waals surface area (Å²) in [5.74, 6) is -0.709. The second-order valence-corrected chi connectivity index (χ2v) is 6.02. The molecule has 0 aliphatic carbocycles. The van der Waals surface area contributed by atoms with Crippen molar-refractivity contribution in [3.63, 3.8) is 0 Å². The molecule has 2 heterocycles. The second-order valence-electron chi connectivity index (χ2n) is 5.07. The lowest BCUT2D eigenvalue weighted by atomic mass is 10.1. The fourth-order valence-corrected chi connectivity index (χ4v) is 3.16. The first kappa shape index (κ1) is 15.0. The first-order chi connectivity index (χ1) is 10.7. The molecular formula is C17H18N2O2S. The normalized spacial score (nSPS) is 13.9. The maximum atomic E-state index is 11.0. The Morgan fingerprint density at radius 1 is 1.27 bits per heavy atom. The van der Waals surface area contributed by atoms with Gasteiger partial charge in [-0.2, -0.15) is 0 Å². The van der Waals surface area contributed by atoms with Gasteiger partial charge in [0.15, 0.2) is 0 Å². The van der Waals surface area contributed by atoms with E-state index >= 15 is 0 Å². The van der Waals surface area contributed by atoms with E-state index in [4.69, 9.17) is 4.74 Å². The van der Waals surface area contributed by atoms with Gasteiger partial charge in [-0.25, -0.2) is 0 Å². The summed E-state index contributed by atoms with van der Waals surface area (Å²) >= 11 is 1.49. The second kappa shape index (κ2) is 6.44. The summed E-state index contributed by atoms with van der Waals surface area (Å²) in [6, 6.07) is 11.5. The van der Waals surface area contributed by atoms with E-state index in [9.17, 15) is 5.11 Å². The van der Waals surface area contributed by atoms with Crippen molar-refractivity contribution < 1.29 is 9.84 Å². The lowest BCUT2D eigenvalue weighted by Crippen LogP contribution is -2.35. The van der Waals surface area contributed by atoms with Gasteiger partial charge >= 0.3 is 0 Å². The minimum Gasteiger partial charge on any atom is -0.457 e. The molecule has 2 N–H and O–H groups in total. The van der Waals surface area contributed by atoms with Crippen molar-refractivity contribution in [1.82, 2.24) is 10.3 Å². The molecule has 0 bridgehead atoms. The molecule has 3 aromatic rings. The minimum atomic E-state index is -1.35. The predicted octanol–water partition coefficient (Wildman–Crippen LogP) is 3.13. The Morgan fingerprint density at radius 3 is 2.95 bits per heavy atom. The number of nitrogens with one attached hydrogen (secondary N) is 1. The van der Waals surface area contributed by atoms with Gasteiger partial charge in [-0.15, -0.1) is 11.3 Å². The summed E-state index contributed by atoms with van der Waals surface area (Å²) in [4.78, 5) is 4.95. The zero-order valence-electron chi connectivity index (χ0n) is 12.3. The summed E-state index contributed by atoms with van der Waals surface area (Å²) in [6.07, 6.45) is 3.97. The van der Waals surface area contributed by atoms with Crippen LogP contribution in [0.15, 0.2) is 54.2 Å². The number of hydrogen-bond acceptors (Lipinski definition) is 5. The van der Waals surface area contributed by atoms with Crippen molar-refractivity contribution in [2.45, 2.75) is 12.2 Å². The number of hydrogen-bond donors (Lipinski definition) is 2. The van der Waals surface area contributed by atoms with Gasteiger partial charge < -0.3 is 15.2 Å². The highest BCUT2D eigenvalue weighted by Gasteiger charge is 2.33. The molecule has 0 saturated carbocycles. The molecule has 3 rings (SSSR count). The lowest BCUT2D eigenvalue weighted by Gasteiger charge is -2.28. The lowest BCUT2D eigenvalue weighted by molar-refractivity contribution is -0.146. The van der Waals surface area contributed by atoms with E-state index in [1.165, 1.54) is 11.3 Å². The van der Waals surface area contributed by atoms with Gasteiger partial charge in [0.05, 0.1) is 4.88 Å². The average Bonchev–Trinajstić information content (AvgIpc) is 3.09. The van der Waals surface area contributed by atoms with Gasteiger partial charge in [0.1, 0.15) is 5.75 Å². The van der Waals surface area contributed by atoms with Crippen molar-refractivity contribution in [2.75, 3.05) is 13.6 Å². The van der Waals surface area contributed by atoms with Gasteiger partial charge in [0, 0.05) is 30.7 Å². The number of thiophene rings is 1. The van der Waals surface area contributed by atoms with E-state index in [2.05, 4.69) is 10.3 Å². The zero-order valence-corrected chi connectivity index (χ0v) is 13.1. The van der Waals surface area contributed by atoms with Crippen LogP contribution in [-0.2, 0) is 5.79 Å². The number of benzene rings is 1. The van der Waals surface area contributed by atoms with E-state index in [1.54, 1.807) is 12.4 Å². The van der Waals surface area contributed by atoms with Crippen LogP contribution in [-0.4, -0.2) is 23.7 Å². The predicted molar refractivity (Wildman–Crippen MR) is 89.1 cm³/mol. The summed E-state index contributed by atoms with van der Waals surface area (Å²) in [5.41, 5.74) is 0. The van der Waals surface area contributed by atoms with E-state index in [0.29, 0.717) is 18.7 Å². The highest BCUT2D eigenvalue weighted by atomic mass is 32.1. The largest absolute Gasteiger partial charge is 0.457 e. The summed E-state index contributed by atoms with van der Waals surface area (Å²) in [5, 5.41) is 18.0. The monoisotopic (exact) mass is 314 g/mol. The summed E-state index contributed by atoms with van der Waals surface area (Å²) in [6.45, 7) is 0.650. The van der Waals surface area contributed by atoms with Crippen LogP contribution in [0.4, 0.5) is 0 Å². The summed E-state index contributed by atoms with van der Waals surface area (Å²) < 4.78 is 6.05. The molecule has 0 aliphatic heterocycles. The third-order valence-electron chi connectivity index (χ3n) is 3.54. The molecule has 0 radical (unpaired) electrons. The number of fused-ring (bicyclic) bond motifs is 1. The van der Waals surface area contributed by atoms with E-state index < -0.39 is 5.79 Å². The first-order valence-electron chi connectivity index (χ1n) is 7.16. The van der Waals surface area contributed by atoms with Crippen LogP contribution in [0.25, 0.3) is 10.8 Å². The number of aromatic nitrogens is 1. The van der Waals surface area contributed by atoms with Crippen LogP contribution in [0, 0.1) is 0 Å². The molecule has 0 unspecified atom stereocenters. The fraction of sp³-hybridized carbons (Fsp3) is 0.235. The van der Waals surface area contributed by atoms with Gasteiger partial charge in [-0.05, 0) is 36.0 Å². The number of nitrogens with zero attached hydrogens (tertiary/aromatic N) is 1. The van der Waals surface area contributed by atoms with E-state index in [-0.39, 0.29) is 0 Å². The van der Waals surface area contributed by atoms with E-state index in [1.807, 2.05) is 48.8 Å². The fourth-order valence-electron chi connectivity index (χ4n) is 2.38. The number of aliphatic hydroxyl groups is 1. The molecule has 4 nitrogen and oxygen atoms in total. The van der Waals surface area contributed by atoms with Crippen LogP contribution in [0.2, 0.25) is 0 Å². The molecule has 1 atom stereocenters. The molecule has 0 fully saturated rings. The quantitative estimate of drug-likeness (QED) is 0.686. The van der Waals surface area contributed by atoms with Crippen molar-refractivity contribution >= 4 is 22.1 Å². The standard InChI is InChI=1S/C17H18N2O2S/c1-18-10-8-17(20,16-6-3-11-22-16)21-15-5-2-4-13-7-9-19-12-14(13)15/h2-7,9,11-12,18,20H,8,10H2,1H3/t17-/m1/s1. The smallest absolute Gasteiger partial charge is 0.245 e. The van der Waals surface area contributed by atoms with Crippen LogP contribution in [0.1, 0.15) is 11.3 Å². The molecule has 0 aliphatic rings. The molecule has 1 aromatic carbocycles. The first-order valence-corrected chi connectivity index (χ1v) is 8.03. The Bertz CT molecular complexity index is 740. The zero-order chi connectivity index (χ0) is 15.4. The highest BCUT2D eigenvalue weighted by molar-refractivity contribution is 7.10. The van der Waals surface area contributed by atoms with Gasteiger partial charge in [-0.3, -0.25) is 4.98 Å². The van der Waals surface area contributed by atoms with Crippen LogP contribution >= 0.6 is 11.3 Å². The third kappa shape index (κ3) is 2.97. The maximum Gasteiger partial charge on any atom is 0.245 e. The molecule has 114 valence electrons. The minimum absolute atomic E-state index is 0.459. The molecular weight excluding hydrogens is 296 g/mol. The Morgan fingerprint density at radius 2 is 2.18 bits per heavy atom. The number of rotatable bonds is 6. The van der Waals surface area contributed by atoms with Crippen molar-refractivity contribution in [2.24, 2.45) is 0 Å². The SMILES string of the molecule is CNCC[C@@](O)(Oc1cccc2ccncc12)c1cccs1. The van der Waals surface area contributed by atoms with Gasteiger partial charge in [0.2, 0.25) is 5.79 Å². The molecule has 0 spiro atoms. The van der Waals surface area contributed by atoms with Crippen molar-refractivity contribution in [1.29, 1.82) is 0 Å². The molecule has 22 heavy (non-hydrogen) atoms. The Balaban J connectivity index is 1.99. The average molecular weight is 314 g/mol. The van der Waals surface area contributed by atoms with Gasteiger partial charge in [0.25, 0.3) is 0 Å². The number of pyridine rings is 1. The topological polar surface area (TPSA) is 54.4 Å². The Kier molecular flexibility index (Phi) is 4.38. The third-order valence-corrected chi connectivity index (χ3v) is 4.54. The molecule has 0 saturated heterocycles. The van der Waals surface area contributed by atoms with Crippen LogP contribution in [0.3, 0.4) is 0 Å². The van der Waals surface area contributed by atoms with E-state index in [0.717, 1.165) is 15.6 Å². The molecule has 5 heteroatoms. The highest BCUT2D eigenvalue weighted by Crippen LogP contribution is 2.35. The van der Waals surface area contributed by atoms with Crippen molar-refractivity contribution in [3.8, 4) is 5.75 Å². The molecule has 0 amide bonds. The maximum absolute atomic E-state index is 11.0. The Hall–Kier alpha value is -1.95. The summed E-state index contributed by atoms with van der Waals surface area (Å²) in [7, 11) is 1.86. The van der Waals surface area contributed by atoms with Crippen molar-refractivity contribution in [3.05, 3.63) is 59.0 Å². The van der Waals surface area contributed by atoms with Gasteiger partial charge in [-0.1, -0.05) is 18.2 Å².